The van der Waals surface area contributed by atoms with E-state index in [4.69, 9.17) is 4.74 Å². The van der Waals surface area contributed by atoms with E-state index in [9.17, 15) is 14.7 Å². The third-order valence-corrected chi connectivity index (χ3v) is 3.73. The lowest BCUT2D eigenvalue weighted by Gasteiger charge is -2.31. The van der Waals surface area contributed by atoms with Crippen LogP contribution >= 0.6 is 0 Å². The number of ether oxygens (including phenoxy) is 1. The van der Waals surface area contributed by atoms with Gasteiger partial charge in [0.2, 0.25) is 5.91 Å². The van der Waals surface area contributed by atoms with E-state index in [-0.39, 0.29) is 17.7 Å². The summed E-state index contributed by atoms with van der Waals surface area (Å²) in [6.45, 7) is 7.93. The van der Waals surface area contributed by atoms with E-state index >= 15 is 0 Å². The van der Waals surface area contributed by atoms with Crippen molar-refractivity contribution in [2.75, 3.05) is 7.11 Å². The number of aliphatic carboxylic acids is 1. The molecule has 1 amide bonds. The topological polar surface area (TPSA) is 75.6 Å². The minimum atomic E-state index is -0.977. The third-order valence-electron chi connectivity index (χ3n) is 3.73. The van der Waals surface area contributed by atoms with Crippen molar-refractivity contribution in [2.45, 2.75) is 52.5 Å². The number of carbonyl (C=O) groups excluding carboxylic acids is 1. The molecule has 1 atom stereocenters. The molecule has 0 fully saturated rings. The molecule has 2 N–H and O–H groups in total. The summed E-state index contributed by atoms with van der Waals surface area (Å²) in [6.07, 6.45) is 0.907. The Morgan fingerprint density at radius 3 is 2.39 bits per heavy atom. The lowest BCUT2D eigenvalue weighted by molar-refractivity contribution is -0.139. The number of benzene rings is 1. The summed E-state index contributed by atoms with van der Waals surface area (Å²) in [5.74, 6) is -0.485. The van der Waals surface area contributed by atoms with Crippen molar-refractivity contribution in [3.8, 4) is 5.75 Å². The quantitative estimate of drug-likeness (QED) is 0.807. The Bertz CT molecular complexity index is 562. The molecule has 1 aromatic rings. The minimum Gasteiger partial charge on any atom is -0.497 e. The van der Waals surface area contributed by atoms with Gasteiger partial charge in [-0.15, -0.1) is 0 Å². The highest BCUT2D eigenvalue weighted by Gasteiger charge is 2.32. The van der Waals surface area contributed by atoms with E-state index in [1.807, 2.05) is 0 Å². The summed E-state index contributed by atoms with van der Waals surface area (Å²) in [5.41, 5.74) is -0.213. The standard InChI is InChI=1S/C18H27NO4/c1-17(2,3)10-9-15(20)19-18(4,12-16(21)22)13-7-6-8-14(11-13)23-5/h6-8,11H,9-10,12H2,1-5H3,(H,19,20)(H,21,22). The SMILES string of the molecule is COc1cccc(C(C)(CC(=O)O)NC(=O)CCC(C)(C)C)c1. The van der Waals surface area contributed by atoms with Crippen molar-refractivity contribution < 1.29 is 19.4 Å². The molecule has 5 nitrogen and oxygen atoms in total. The smallest absolute Gasteiger partial charge is 0.306 e. The summed E-state index contributed by atoms with van der Waals surface area (Å²) in [5, 5.41) is 12.1. The molecule has 0 heterocycles. The lowest BCUT2D eigenvalue weighted by Crippen LogP contribution is -2.45. The number of carboxylic acid groups (broad SMARTS) is 1. The Labute approximate surface area is 138 Å². The summed E-state index contributed by atoms with van der Waals surface area (Å²) in [7, 11) is 1.55. The van der Waals surface area contributed by atoms with Crippen LogP contribution in [0.2, 0.25) is 0 Å². The van der Waals surface area contributed by atoms with Crippen molar-refractivity contribution in [3.05, 3.63) is 29.8 Å². The first-order chi connectivity index (χ1) is 10.6. The molecule has 0 aromatic heterocycles. The van der Waals surface area contributed by atoms with Crippen LogP contribution < -0.4 is 10.1 Å². The number of carbonyl (C=O) groups is 2. The summed E-state index contributed by atoms with van der Waals surface area (Å²) in [4.78, 5) is 23.5. The number of amides is 1. The number of carboxylic acids is 1. The van der Waals surface area contributed by atoms with E-state index in [1.165, 1.54) is 0 Å². The Morgan fingerprint density at radius 2 is 1.87 bits per heavy atom. The summed E-state index contributed by atoms with van der Waals surface area (Å²) >= 11 is 0. The Balaban J connectivity index is 2.97. The van der Waals surface area contributed by atoms with Crippen LogP contribution in [0.1, 0.15) is 52.5 Å². The van der Waals surface area contributed by atoms with Gasteiger partial charge in [0.25, 0.3) is 0 Å². The molecule has 1 rings (SSSR count). The van der Waals surface area contributed by atoms with Gasteiger partial charge in [0.05, 0.1) is 19.1 Å². The highest BCUT2D eigenvalue weighted by atomic mass is 16.5. The fourth-order valence-corrected chi connectivity index (χ4v) is 2.35. The number of rotatable bonds is 7. The predicted molar refractivity (Wildman–Crippen MR) is 89.4 cm³/mol. The van der Waals surface area contributed by atoms with Crippen molar-refractivity contribution in [1.29, 1.82) is 0 Å². The summed E-state index contributed by atoms with van der Waals surface area (Å²) in [6, 6.07) is 7.13. The second-order valence-corrected chi connectivity index (χ2v) is 7.24. The number of hydrogen-bond acceptors (Lipinski definition) is 3. The van der Waals surface area contributed by atoms with Gasteiger partial charge in [0, 0.05) is 6.42 Å². The molecule has 0 saturated heterocycles. The average Bonchev–Trinajstić information content (AvgIpc) is 2.43. The fraction of sp³-hybridized carbons (Fsp3) is 0.556. The van der Waals surface area contributed by atoms with Crippen LogP contribution in [0.3, 0.4) is 0 Å². The number of nitrogens with one attached hydrogen (secondary N) is 1. The largest absolute Gasteiger partial charge is 0.497 e. The maximum Gasteiger partial charge on any atom is 0.306 e. The molecule has 1 unspecified atom stereocenters. The van der Waals surface area contributed by atoms with Crippen LogP contribution in [0.25, 0.3) is 0 Å². The third kappa shape index (κ3) is 6.30. The first-order valence-corrected chi connectivity index (χ1v) is 7.73. The molecule has 128 valence electrons. The first-order valence-electron chi connectivity index (χ1n) is 7.73. The van der Waals surface area contributed by atoms with E-state index in [0.717, 1.165) is 6.42 Å². The lowest BCUT2D eigenvalue weighted by atomic mass is 9.87. The Morgan fingerprint density at radius 1 is 1.22 bits per heavy atom. The van der Waals surface area contributed by atoms with Gasteiger partial charge in [-0.2, -0.15) is 0 Å². The van der Waals surface area contributed by atoms with Gasteiger partial charge in [-0.05, 0) is 36.5 Å². The van der Waals surface area contributed by atoms with Crippen LogP contribution in [0, 0.1) is 5.41 Å². The zero-order chi connectivity index (χ0) is 17.7. The maximum absolute atomic E-state index is 12.3. The van der Waals surface area contributed by atoms with E-state index in [0.29, 0.717) is 17.7 Å². The van der Waals surface area contributed by atoms with Crippen LogP contribution in [0.15, 0.2) is 24.3 Å². The molecule has 1 aromatic carbocycles. The zero-order valence-corrected chi connectivity index (χ0v) is 14.6. The van der Waals surface area contributed by atoms with Crippen molar-refractivity contribution >= 4 is 11.9 Å². The van der Waals surface area contributed by atoms with Gasteiger partial charge in [0.1, 0.15) is 5.75 Å². The second kappa shape index (κ2) is 7.49. The molecule has 0 aliphatic rings. The van der Waals surface area contributed by atoms with Gasteiger partial charge in [0.15, 0.2) is 0 Å². The van der Waals surface area contributed by atoms with Gasteiger partial charge in [-0.25, -0.2) is 0 Å². The normalized spacial score (nSPS) is 14.0. The summed E-state index contributed by atoms with van der Waals surface area (Å²) < 4.78 is 5.19. The highest BCUT2D eigenvalue weighted by Crippen LogP contribution is 2.28. The Hall–Kier alpha value is -2.04. The zero-order valence-electron chi connectivity index (χ0n) is 14.6. The van der Waals surface area contributed by atoms with Gasteiger partial charge in [-0.3, -0.25) is 9.59 Å². The van der Waals surface area contributed by atoms with E-state index in [2.05, 4.69) is 26.1 Å². The molecule has 0 spiro atoms. The second-order valence-electron chi connectivity index (χ2n) is 7.24. The van der Waals surface area contributed by atoms with Gasteiger partial charge >= 0.3 is 5.97 Å². The molecule has 0 saturated carbocycles. The van der Waals surface area contributed by atoms with Crippen LogP contribution in [0.4, 0.5) is 0 Å². The van der Waals surface area contributed by atoms with Crippen molar-refractivity contribution in [2.24, 2.45) is 5.41 Å². The first kappa shape index (κ1) is 19.0. The maximum atomic E-state index is 12.3. The molecule has 5 heteroatoms. The number of hydrogen-bond donors (Lipinski definition) is 2. The molecule has 23 heavy (non-hydrogen) atoms. The molecule has 0 aliphatic heterocycles. The molecular weight excluding hydrogens is 294 g/mol. The van der Waals surface area contributed by atoms with Crippen LogP contribution in [-0.2, 0) is 15.1 Å². The molecular formula is C18H27NO4. The van der Waals surface area contributed by atoms with E-state index in [1.54, 1.807) is 38.3 Å². The fourth-order valence-electron chi connectivity index (χ4n) is 2.35. The van der Waals surface area contributed by atoms with Gasteiger partial charge < -0.3 is 15.2 Å². The Kier molecular flexibility index (Phi) is 6.19. The van der Waals surface area contributed by atoms with Crippen molar-refractivity contribution in [1.82, 2.24) is 5.32 Å². The van der Waals surface area contributed by atoms with E-state index < -0.39 is 11.5 Å². The minimum absolute atomic E-state index is 0.0521. The average molecular weight is 321 g/mol. The molecule has 0 aliphatic carbocycles. The van der Waals surface area contributed by atoms with Crippen molar-refractivity contribution in [3.63, 3.8) is 0 Å². The van der Waals surface area contributed by atoms with Crippen LogP contribution in [0.5, 0.6) is 5.75 Å². The highest BCUT2D eigenvalue weighted by molar-refractivity contribution is 5.78. The monoisotopic (exact) mass is 321 g/mol. The molecule has 0 bridgehead atoms. The molecule has 0 radical (unpaired) electrons. The van der Waals surface area contributed by atoms with Gasteiger partial charge in [-0.1, -0.05) is 32.9 Å². The van der Waals surface area contributed by atoms with Crippen LogP contribution in [-0.4, -0.2) is 24.1 Å². The number of methoxy groups -OCH3 is 1. The predicted octanol–water partition coefficient (Wildman–Crippen LogP) is 3.33.